The Bertz CT molecular complexity index is 475. The van der Waals surface area contributed by atoms with Crippen molar-refractivity contribution < 1.29 is 4.74 Å². The molecule has 0 bridgehead atoms. The van der Waals surface area contributed by atoms with Crippen LogP contribution in [0.4, 0.5) is 5.82 Å². The zero-order chi connectivity index (χ0) is 11.4. The van der Waals surface area contributed by atoms with E-state index < -0.39 is 0 Å². The molecule has 3 N–H and O–H groups in total. The van der Waals surface area contributed by atoms with E-state index in [1.807, 2.05) is 0 Å². The first-order chi connectivity index (χ1) is 7.78. The maximum absolute atomic E-state index is 5.75. The number of hydrogen-bond donors (Lipinski definition) is 2. The Morgan fingerprint density at radius 1 is 1.19 bits per heavy atom. The highest BCUT2D eigenvalue weighted by Gasteiger charge is 2.00. The van der Waals surface area contributed by atoms with Gasteiger partial charge in [0.15, 0.2) is 0 Å². The van der Waals surface area contributed by atoms with E-state index in [-0.39, 0.29) is 0 Å². The number of benzene rings is 1. The van der Waals surface area contributed by atoms with Crippen LogP contribution in [0.3, 0.4) is 0 Å². The fourth-order valence-corrected chi connectivity index (χ4v) is 1.22. The van der Waals surface area contributed by atoms with Gasteiger partial charge in [0.1, 0.15) is 17.9 Å². The van der Waals surface area contributed by atoms with E-state index in [0.717, 1.165) is 0 Å². The van der Waals surface area contributed by atoms with E-state index in [1.54, 1.807) is 30.3 Å². The fraction of sp³-hybridized carbons (Fsp3) is 0. The highest BCUT2D eigenvalue weighted by Crippen LogP contribution is 2.21. The van der Waals surface area contributed by atoms with Gasteiger partial charge in [0.2, 0.25) is 5.88 Å². The number of hydrogen-bond acceptors (Lipinski definition) is 5. The molecular formula is C10H9ClN4O. The Morgan fingerprint density at radius 2 is 1.94 bits per heavy atom. The van der Waals surface area contributed by atoms with Gasteiger partial charge in [-0.3, -0.25) is 0 Å². The lowest BCUT2D eigenvalue weighted by Crippen LogP contribution is -2.08. The van der Waals surface area contributed by atoms with E-state index >= 15 is 0 Å². The van der Waals surface area contributed by atoms with Crippen LogP contribution >= 0.6 is 11.6 Å². The normalized spacial score (nSPS) is 9.88. The van der Waals surface area contributed by atoms with Gasteiger partial charge in [0.25, 0.3) is 0 Å². The van der Waals surface area contributed by atoms with Crippen LogP contribution in [0.1, 0.15) is 0 Å². The SMILES string of the molecule is NNc1cc(Oc2ccc(Cl)cc2)ncn1. The topological polar surface area (TPSA) is 73.1 Å². The van der Waals surface area contributed by atoms with Crippen LogP contribution in [0.15, 0.2) is 36.7 Å². The zero-order valence-corrected chi connectivity index (χ0v) is 8.98. The van der Waals surface area contributed by atoms with Crippen LogP contribution < -0.4 is 16.0 Å². The molecule has 16 heavy (non-hydrogen) atoms. The molecule has 0 fully saturated rings. The van der Waals surface area contributed by atoms with Crippen LogP contribution in [-0.4, -0.2) is 9.97 Å². The number of rotatable bonds is 3. The highest BCUT2D eigenvalue weighted by atomic mass is 35.5. The molecule has 0 aliphatic carbocycles. The van der Waals surface area contributed by atoms with E-state index in [1.165, 1.54) is 6.33 Å². The number of aromatic nitrogens is 2. The molecule has 82 valence electrons. The number of nitrogens with two attached hydrogens (primary N) is 1. The van der Waals surface area contributed by atoms with Crippen molar-refractivity contribution in [3.8, 4) is 11.6 Å². The van der Waals surface area contributed by atoms with E-state index in [4.69, 9.17) is 22.2 Å². The van der Waals surface area contributed by atoms with Gasteiger partial charge in [-0.2, -0.15) is 0 Å². The molecule has 0 atom stereocenters. The lowest BCUT2D eigenvalue weighted by atomic mass is 10.3. The van der Waals surface area contributed by atoms with E-state index in [0.29, 0.717) is 22.5 Å². The van der Waals surface area contributed by atoms with Gasteiger partial charge in [-0.15, -0.1) is 0 Å². The molecule has 0 aliphatic heterocycles. The second kappa shape index (κ2) is 4.78. The molecule has 0 unspecified atom stereocenters. The number of nitrogens with one attached hydrogen (secondary N) is 1. The Labute approximate surface area is 97.2 Å². The lowest BCUT2D eigenvalue weighted by molar-refractivity contribution is 0.462. The van der Waals surface area contributed by atoms with Crippen molar-refractivity contribution in [2.24, 2.45) is 5.84 Å². The molecule has 5 nitrogen and oxygen atoms in total. The third-order valence-electron chi connectivity index (χ3n) is 1.83. The number of hydrazine groups is 1. The van der Waals surface area contributed by atoms with Crippen molar-refractivity contribution in [3.05, 3.63) is 41.7 Å². The third-order valence-corrected chi connectivity index (χ3v) is 2.08. The third kappa shape index (κ3) is 2.59. The van der Waals surface area contributed by atoms with Gasteiger partial charge in [0, 0.05) is 11.1 Å². The Morgan fingerprint density at radius 3 is 2.62 bits per heavy atom. The average Bonchev–Trinajstić information content (AvgIpc) is 2.32. The monoisotopic (exact) mass is 236 g/mol. The summed E-state index contributed by atoms with van der Waals surface area (Å²) in [5.74, 6) is 6.76. The Kier molecular flexibility index (Phi) is 3.19. The van der Waals surface area contributed by atoms with Crippen molar-refractivity contribution in [3.63, 3.8) is 0 Å². The Balaban J connectivity index is 2.16. The van der Waals surface area contributed by atoms with Crippen LogP contribution in [0.5, 0.6) is 11.6 Å². The first-order valence-electron chi connectivity index (χ1n) is 4.50. The highest BCUT2D eigenvalue weighted by molar-refractivity contribution is 6.30. The van der Waals surface area contributed by atoms with Crippen molar-refractivity contribution in [1.82, 2.24) is 9.97 Å². The van der Waals surface area contributed by atoms with Gasteiger partial charge in [0.05, 0.1) is 0 Å². The maximum atomic E-state index is 5.75. The molecule has 0 radical (unpaired) electrons. The second-order valence-corrected chi connectivity index (χ2v) is 3.38. The summed E-state index contributed by atoms with van der Waals surface area (Å²) in [5.41, 5.74) is 2.41. The molecule has 2 aromatic rings. The minimum atomic E-state index is 0.408. The van der Waals surface area contributed by atoms with Gasteiger partial charge < -0.3 is 10.2 Å². The molecular weight excluding hydrogens is 228 g/mol. The van der Waals surface area contributed by atoms with Crippen LogP contribution in [0, 0.1) is 0 Å². The minimum Gasteiger partial charge on any atom is -0.439 e. The molecule has 0 spiro atoms. The van der Waals surface area contributed by atoms with Gasteiger partial charge in [-0.1, -0.05) is 11.6 Å². The molecule has 0 saturated carbocycles. The summed E-state index contributed by atoms with van der Waals surface area (Å²) >= 11 is 5.75. The molecule has 1 aromatic heterocycles. The van der Waals surface area contributed by atoms with Crippen LogP contribution in [0.2, 0.25) is 5.02 Å². The van der Waals surface area contributed by atoms with Gasteiger partial charge in [-0.05, 0) is 24.3 Å². The molecule has 6 heteroatoms. The number of ether oxygens (including phenoxy) is 1. The first-order valence-corrected chi connectivity index (χ1v) is 4.88. The first kappa shape index (κ1) is 10.7. The average molecular weight is 237 g/mol. The molecule has 0 saturated heterocycles. The van der Waals surface area contributed by atoms with E-state index in [2.05, 4.69) is 15.4 Å². The molecule has 2 rings (SSSR count). The molecule has 1 heterocycles. The Hall–Kier alpha value is -1.85. The maximum Gasteiger partial charge on any atom is 0.224 e. The predicted octanol–water partition coefficient (Wildman–Crippen LogP) is 2.21. The number of halogens is 1. The summed E-state index contributed by atoms with van der Waals surface area (Å²) in [4.78, 5) is 7.81. The summed E-state index contributed by atoms with van der Waals surface area (Å²) in [6.45, 7) is 0. The van der Waals surface area contributed by atoms with Crippen molar-refractivity contribution in [2.75, 3.05) is 5.43 Å². The molecule has 0 amide bonds. The summed E-state index contributed by atoms with van der Waals surface area (Å²) in [6, 6.07) is 8.56. The van der Waals surface area contributed by atoms with Crippen molar-refractivity contribution >= 4 is 17.4 Å². The van der Waals surface area contributed by atoms with Gasteiger partial charge >= 0.3 is 0 Å². The summed E-state index contributed by atoms with van der Waals surface area (Å²) < 4.78 is 5.47. The summed E-state index contributed by atoms with van der Waals surface area (Å²) in [5, 5.41) is 0.652. The second-order valence-electron chi connectivity index (χ2n) is 2.94. The predicted molar refractivity (Wildman–Crippen MR) is 61.4 cm³/mol. The minimum absolute atomic E-state index is 0.408. The lowest BCUT2D eigenvalue weighted by Gasteiger charge is -2.05. The van der Waals surface area contributed by atoms with Gasteiger partial charge in [-0.25, -0.2) is 15.8 Å². The van der Waals surface area contributed by atoms with E-state index in [9.17, 15) is 0 Å². The van der Waals surface area contributed by atoms with Crippen LogP contribution in [-0.2, 0) is 0 Å². The summed E-state index contributed by atoms with van der Waals surface area (Å²) in [7, 11) is 0. The number of nitrogens with zero attached hydrogens (tertiary/aromatic N) is 2. The van der Waals surface area contributed by atoms with Crippen LogP contribution in [0.25, 0.3) is 0 Å². The smallest absolute Gasteiger partial charge is 0.224 e. The summed E-state index contributed by atoms with van der Waals surface area (Å²) in [6.07, 6.45) is 1.36. The number of nitrogen functional groups attached to an aromatic ring is 1. The van der Waals surface area contributed by atoms with Crippen molar-refractivity contribution in [1.29, 1.82) is 0 Å². The van der Waals surface area contributed by atoms with Crippen molar-refractivity contribution in [2.45, 2.75) is 0 Å². The quantitative estimate of drug-likeness (QED) is 0.631. The standard InChI is InChI=1S/C10H9ClN4O/c11-7-1-3-8(4-2-7)16-10-5-9(15-12)13-6-14-10/h1-6H,12H2,(H,13,14,15). The number of anilines is 1. The zero-order valence-electron chi connectivity index (χ0n) is 8.22. The largest absolute Gasteiger partial charge is 0.439 e. The molecule has 0 aliphatic rings. The fourth-order valence-electron chi connectivity index (χ4n) is 1.10. The molecule has 1 aromatic carbocycles.